The lowest BCUT2D eigenvalue weighted by atomic mass is 10.2. The molecule has 0 heterocycles. The molecule has 122 valence electrons. The summed E-state index contributed by atoms with van der Waals surface area (Å²) in [5, 5.41) is 3.46. The van der Waals surface area contributed by atoms with Gasteiger partial charge in [0.25, 0.3) is 0 Å². The molecular weight excluding hydrogens is 286 g/mol. The van der Waals surface area contributed by atoms with E-state index in [4.69, 9.17) is 9.47 Å². The van der Waals surface area contributed by atoms with Gasteiger partial charge in [0.1, 0.15) is 11.5 Å². The van der Waals surface area contributed by atoms with Crippen LogP contribution in [-0.4, -0.2) is 12.7 Å². The molecule has 1 fully saturated rings. The van der Waals surface area contributed by atoms with Crippen LogP contribution < -0.4 is 14.8 Å². The van der Waals surface area contributed by atoms with Crippen LogP contribution in [0.25, 0.3) is 0 Å². The van der Waals surface area contributed by atoms with E-state index >= 15 is 0 Å². The molecule has 0 aromatic heterocycles. The van der Waals surface area contributed by atoms with E-state index in [1.807, 2.05) is 37.3 Å². The summed E-state index contributed by atoms with van der Waals surface area (Å²) in [5.74, 6) is 1.92. The molecule has 1 aliphatic rings. The second kappa shape index (κ2) is 7.91. The summed E-state index contributed by atoms with van der Waals surface area (Å²) in [7, 11) is 0. The normalized spacial score (nSPS) is 14.7. The van der Waals surface area contributed by atoms with Crippen LogP contribution in [0.1, 0.15) is 38.2 Å². The number of hydrogen-bond donors (Lipinski definition) is 1. The van der Waals surface area contributed by atoms with Crippen molar-refractivity contribution in [2.24, 2.45) is 0 Å². The van der Waals surface area contributed by atoms with E-state index in [1.54, 1.807) is 0 Å². The van der Waals surface area contributed by atoms with E-state index in [1.165, 1.54) is 31.2 Å². The Morgan fingerprint density at radius 1 is 1.00 bits per heavy atom. The molecule has 3 heteroatoms. The van der Waals surface area contributed by atoms with Crippen LogP contribution in [0.5, 0.6) is 11.5 Å². The summed E-state index contributed by atoms with van der Waals surface area (Å²) in [4.78, 5) is 0. The number of para-hydroxylation sites is 1. The third kappa shape index (κ3) is 4.41. The summed E-state index contributed by atoms with van der Waals surface area (Å²) in [5.41, 5.74) is 2.29. The number of ether oxygens (including phenoxy) is 2. The highest BCUT2D eigenvalue weighted by Crippen LogP contribution is 2.27. The summed E-state index contributed by atoms with van der Waals surface area (Å²) in [6.07, 6.45) is 5.33. The Morgan fingerprint density at radius 3 is 2.48 bits per heavy atom. The summed E-state index contributed by atoms with van der Waals surface area (Å²) in [6, 6.07) is 16.4. The maximum Gasteiger partial charge on any atom is 0.124 e. The van der Waals surface area contributed by atoms with Crippen molar-refractivity contribution in [3.63, 3.8) is 0 Å². The van der Waals surface area contributed by atoms with Crippen LogP contribution >= 0.6 is 0 Å². The van der Waals surface area contributed by atoms with Gasteiger partial charge in [-0.15, -0.1) is 0 Å². The zero-order chi connectivity index (χ0) is 15.9. The average molecular weight is 311 g/mol. The van der Waals surface area contributed by atoms with Gasteiger partial charge < -0.3 is 14.8 Å². The first kappa shape index (κ1) is 15.7. The van der Waals surface area contributed by atoms with Crippen molar-refractivity contribution in [1.29, 1.82) is 0 Å². The molecule has 0 unspecified atom stereocenters. The Hall–Kier alpha value is -2.16. The molecule has 3 nitrogen and oxygen atoms in total. The van der Waals surface area contributed by atoms with Crippen LogP contribution in [0.3, 0.4) is 0 Å². The van der Waals surface area contributed by atoms with E-state index < -0.39 is 0 Å². The quantitative estimate of drug-likeness (QED) is 0.779. The molecule has 0 radical (unpaired) electrons. The van der Waals surface area contributed by atoms with Gasteiger partial charge in [-0.3, -0.25) is 0 Å². The Kier molecular flexibility index (Phi) is 5.41. The standard InChI is InChI=1S/C20H25NO2/c1-2-22-18-13-11-17(12-14-18)21-15-16-7-3-6-10-20(16)23-19-8-4-5-9-19/h3,6-7,10-14,19,21H,2,4-5,8-9,15H2,1H3. The van der Waals surface area contributed by atoms with Crippen molar-refractivity contribution in [1.82, 2.24) is 0 Å². The van der Waals surface area contributed by atoms with Crippen molar-refractivity contribution in [2.45, 2.75) is 45.3 Å². The molecule has 3 rings (SSSR count). The van der Waals surface area contributed by atoms with E-state index in [0.29, 0.717) is 12.7 Å². The number of hydrogen-bond acceptors (Lipinski definition) is 3. The predicted octanol–water partition coefficient (Wildman–Crippen LogP) is 5.02. The van der Waals surface area contributed by atoms with Gasteiger partial charge in [0.15, 0.2) is 0 Å². The molecule has 0 aliphatic heterocycles. The van der Waals surface area contributed by atoms with E-state index in [2.05, 4.69) is 23.5 Å². The fourth-order valence-electron chi connectivity index (χ4n) is 2.98. The Bertz CT molecular complexity index is 603. The Labute approximate surface area is 138 Å². The van der Waals surface area contributed by atoms with E-state index in [0.717, 1.165) is 23.7 Å². The lowest BCUT2D eigenvalue weighted by Gasteiger charge is -2.17. The minimum absolute atomic E-state index is 0.390. The summed E-state index contributed by atoms with van der Waals surface area (Å²) in [6.45, 7) is 3.45. The van der Waals surface area contributed by atoms with Crippen LogP contribution in [0.4, 0.5) is 5.69 Å². The number of rotatable bonds is 7. The smallest absolute Gasteiger partial charge is 0.124 e. The van der Waals surface area contributed by atoms with Gasteiger partial charge in [-0.2, -0.15) is 0 Å². The van der Waals surface area contributed by atoms with Gasteiger partial charge in [-0.25, -0.2) is 0 Å². The third-order valence-electron chi connectivity index (χ3n) is 4.22. The number of benzene rings is 2. The number of nitrogens with one attached hydrogen (secondary N) is 1. The fourth-order valence-corrected chi connectivity index (χ4v) is 2.98. The minimum atomic E-state index is 0.390. The van der Waals surface area contributed by atoms with Gasteiger partial charge in [-0.1, -0.05) is 18.2 Å². The zero-order valence-electron chi connectivity index (χ0n) is 13.8. The maximum atomic E-state index is 6.19. The maximum absolute atomic E-state index is 6.19. The lowest BCUT2D eigenvalue weighted by Crippen LogP contribution is -2.13. The van der Waals surface area contributed by atoms with E-state index in [9.17, 15) is 0 Å². The van der Waals surface area contributed by atoms with Crippen molar-refractivity contribution in [3.05, 3.63) is 54.1 Å². The number of anilines is 1. The van der Waals surface area contributed by atoms with Crippen LogP contribution in [-0.2, 0) is 6.54 Å². The van der Waals surface area contributed by atoms with Crippen molar-refractivity contribution >= 4 is 5.69 Å². The summed E-state index contributed by atoms with van der Waals surface area (Å²) >= 11 is 0. The highest BCUT2D eigenvalue weighted by atomic mass is 16.5. The monoisotopic (exact) mass is 311 g/mol. The molecule has 0 saturated heterocycles. The van der Waals surface area contributed by atoms with E-state index in [-0.39, 0.29) is 0 Å². The molecule has 0 amide bonds. The first-order valence-electron chi connectivity index (χ1n) is 8.56. The first-order valence-corrected chi connectivity index (χ1v) is 8.56. The topological polar surface area (TPSA) is 30.5 Å². The van der Waals surface area contributed by atoms with Gasteiger partial charge in [0.05, 0.1) is 12.7 Å². The van der Waals surface area contributed by atoms with Crippen molar-refractivity contribution < 1.29 is 9.47 Å². The van der Waals surface area contributed by atoms with Gasteiger partial charge in [0, 0.05) is 17.8 Å². The summed E-state index contributed by atoms with van der Waals surface area (Å²) < 4.78 is 11.7. The largest absolute Gasteiger partial charge is 0.494 e. The average Bonchev–Trinajstić information content (AvgIpc) is 3.09. The fraction of sp³-hybridized carbons (Fsp3) is 0.400. The molecule has 1 aliphatic carbocycles. The Morgan fingerprint density at radius 2 is 1.74 bits per heavy atom. The SMILES string of the molecule is CCOc1ccc(NCc2ccccc2OC2CCCC2)cc1. The molecule has 0 spiro atoms. The predicted molar refractivity (Wildman–Crippen MR) is 94.3 cm³/mol. The molecule has 1 N–H and O–H groups in total. The minimum Gasteiger partial charge on any atom is -0.494 e. The van der Waals surface area contributed by atoms with Gasteiger partial charge in [-0.05, 0) is 62.9 Å². The molecule has 2 aromatic rings. The van der Waals surface area contributed by atoms with Crippen LogP contribution in [0.2, 0.25) is 0 Å². The van der Waals surface area contributed by atoms with Crippen molar-refractivity contribution in [2.75, 3.05) is 11.9 Å². The van der Waals surface area contributed by atoms with Crippen LogP contribution in [0.15, 0.2) is 48.5 Å². The molecule has 0 atom stereocenters. The Balaban J connectivity index is 1.61. The lowest BCUT2D eigenvalue weighted by molar-refractivity contribution is 0.208. The molecule has 1 saturated carbocycles. The van der Waals surface area contributed by atoms with Gasteiger partial charge >= 0.3 is 0 Å². The highest BCUT2D eigenvalue weighted by Gasteiger charge is 2.17. The molecular formula is C20H25NO2. The van der Waals surface area contributed by atoms with Crippen LogP contribution in [0, 0.1) is 0 Å². The van der Waals surface area contributed by atoms with Crippen molar-refractivity contribution in [3.8, 4) is 11.5 Å². The molecule has 2 aromatic carbocycles. The third-order valence-corrected chi connectivity index (χ3v) is 4.22. The first-order chi connectivity index (χ1) is 11.3. The highest BCUT2D eigenvalue weighted by molar-refractivity contribution is 5.48. The second-order valence-electron chi connectivity index (χ2n) is 5.94. The molecule has 23 heavy (non-hydrogen) atoms. The zero-order valence-corrected chi connectivity index (χ0v) is 13.8. The second-order valence-corrected chi connectivity index (χ2v) is 5.94. The molecule has 0 bridgehead atoms. The van der Waals surface area contributed by atoms with Gasteiger partial charge in [0.2, 0.25) is 0 Å².